The number of urea groups is 1. The number of thiol groups is 2. The highest BCUT2D eigenvalue weighted by molar-refractivity contribution is 8.00. The molecule has 0 aromatic heterocycles. The SMILES string of the molecule is N[C@@H](CCS)C(=O)O.O=C(CCCCC1SC[C@@H]2NC(=O)N[C@H]12)NC(CCS)C(=O)O. The number of carboxylic acid groups (broad SMARTS) is 2. The Labute approximate surface area is 197 Å². The van der Waals surface area contributed by atoms with Crippen molar-refractivity contribution in [1.82, 2.24) is 16.0 Å². The molecular formula is C18H32N4O6S3. The number of aliphatic carboxylic acids is 2. The summed E-state index contributed by atoms with van der Waals surface area (Å²) in [6.07, 6.45) is 3.62. The molecule has 178 valence electrons. The first-order valence-corrected chi connectivity index (χ1v) is 12.4. The average molecular weight is 497 g/mol. The molecule has 13 heteroatoms. The van der Waals surface area contributed by atoms with E-state index in [1.807, 2.05) is 11.8 Å². The minimum absolute atomic E-state index is 0.0893. The van der Waals surface area contributed by atoms with E-state index in [9.17, 15) is 19.2 Å². The van der Waals surface area contributed by atoms with Gasteiger partial charge in [0.15, 0.2) is 0 Å². The molecule has 0 bridgehead atoms. The molecule has 0 saturated carbocycles. The van der Waals surface area contributed by atoms with Crippen LogP contribution in [0.4, 0.5) is 4.79 Å². The number of nitrogens with two attached hydrogens (primary N) is 1. The van der Waals surface area contributed by atoms with Crippen molar-refractivity contribution in [2.45, 2.75) is 67.9 Å². The van der Waals surface area contributed by atoms with Crippen LogP contribution in [0.2, 0.25) is 0 Å². The van der Waals surface area contributed by atoms with E-state index >= 15 is 0 Å². The Kier molecular flexibility index (Phi) is 13.1. The highest BCUT2D eigenvalue weighted by Gasteiger charge is 2.42. The summed E-state index contributed by atoms with van der Waals surface area (Å²) in [6, 6.07) is -1.28. The minimum Gasteiger partial charge on any atom is -0.480 e. The smallest absolute Gasteiger partial charge is 0.326 e. The molecule has 3 amide bonds. The summed E-state index contributed by atoms with van der Waals surface area (Å²) in [5, 5.41) is 25.9. The van der Waals surface area contributed by atoms with Crippen molar-refractivity contribution in [2.24, 2.45) is 5.73 Å². The second-order valence-corrected chi connectivity index (χ2v) is 9.46. The Hall–Kier alpha value is -1.31. The van der Waals surface area contributed by atoms with Crippen LogP contribution >= 0.6 is 37.0 Å². The van der Waals surface area contributed by atoms with Gasteiger partial charge in [-0.2, -0.15) is 37.0 Å². The fourth-order valence-corrected chi connectivity index (χ4v) is 5.27. The molecule has 2 saturated heterocycles. The molecule has 0 aromatic carbocycles. The number of amides is 3. The van der Waals surface area contributed by atoms with Crippen molar-refractivity contribution >= 4 is 60.9 Å². The molecule has 2 aliphatic heterocycles. The second-order valence-electron chi connectivity index (χ2n) is 7.30. The highest BCUT2D eigenvalue weighted by Crippen LogP contribution is 2.33. The fraction of sp³-hybridized carbons (Fsp3) is 0.778. The number of carbonyl (C=O) groups excluding carboxylic acids is 2. The summed E-state index contributed by atoms with van der Waals surface area (Å²) in [5.41, 5.74) is 5.08. The number of carboxylic acids is 2. The third kappa shape index (κ3) is 10.2. The quantitative estimate of drug-likeness (QED) is 0.108. The molecule has 2 unspecified atom stereocenters. The predicted molar refractivity (Wildman–Crippen MR) is 126 cm³/mol. The van der Waals surface area contributed by atoms with Crippen LogP contribution in [0.5, 0.6) is 0 Å². The van der Waals surface area contributed by atoms with Crippen molar-refractivity contribution in [3.8, 4) is 0 Å². The Morgan fingerprint density at radius 1 is 1.13 bits per heavy atom. The number of fused-ring (bicyclic) bond motifs is 1. The molecule has 7 N–H and O–H groups in total. The van der Waals surface area contributed by atoms with Gasteiger partial charge in [0.2, 0.25) is 5.91 Å². The first-order valence-electron chi connectivity index (χ1n) is 10.1. The zero-order chi connectivity index (χ0) is 23.4. The summed E-state index contributed by atoms with van der Waals surface area (Å²) >= 11 is 9.66. The molecular weight excluding hydrogens is 464 g/mol. The molecule has 5 atom stereocenters. The molecule has 2 fully saturated rings. The van der Waals surface area contributed by atoms with Crippen LogP contribution < -0.4 is 21.7 Å². The lowest BCUT2D eigenvalue weighted by Gasteiger charge is -2.16. The van der Waals surface area contributed by atoms with Gasteiger partial charge in [0.05, 0.1) is 12.1 Å². The molecule has 0 aliphatic carbocycles. The van der Waals surface area contributed by atoms with Crippen molar-refractivity contribution in [3.63, 3.8) is 0 Å². The van der Waals surface area contributed by atoms with Crippen molar-refractivity contribution in [3.05, 3.63) is 0 Å². The molecule has 2 aliphatic rings. The van der Waals surface area contributed by atoms with Crippen LogP contribution in [0.25, 0.3) is 0 Å². The number of rotatable bonds is 12. The van der Waals surface area contributed by atoms with Gasteiger partial charge in [-0.1, -0.05) is 6.42 Å². The molecule has 0 aromatic rings. The first-order chi connectivity index (χ1) is 14.7. The monoisotopic (exact) mass is 496 g/mol. The average Bonchev–Trinajstić information content (AvgIpc) is 3.25. The van der Waals surface area contributed by atoms with Crippen molar-refractivity contribution < 1.29 is 29.4 Å². The Morgan fingerprint density at radius 3 is 2.35 bits per heavy atom. The Bertz CT molecular complexity index is 627. The summed E-state index contributed by atoms with van der Waals surface area (Å²) < 4.78 is 0. The van der Waals surface area contributed by atoms with E-state index in [2.05, 4.69) is 41.2 Å². The van der Waals surface area contributed by atoms with Gasteiger partial charge in [0.1, 0.15) is 12.1 Å². The van der Waals surface area contributed by atoms with E-state index in [4.69, 9.17) is 15.9 Å². The number of nitrogens with one attached hydrogen (secondary N) is 3. The maximum atomic E-state index is 11.8. The molecule has 31 heavy (non-hydrogen) atoms. The van der Waals surface area contributed by atoms with Gasteiger partial charge < -0.3 is 31.9 Å². The summed E-state index contributed by atoms with van der Waals surface area (Å²) in [5.74, 6) is -0.346. The third-order valence-corrected chi connectivity index (χ3v) is 6.91. The second kappa shape index (κ2) is 14.7. The molecule has 2 rings (SSSR count). The van der Waals surface area contributed by atoms with Gasteiger partial charge in [-0.05, 0) is 37.2 Å². The summed E-state index contributed by atoms with van der Waals surface area (Å²) in [7, 11) is 0. The van der Waals surface area contributed by atoms with Gasteiger partial charge >= 0.3 is 18.0 Å². The van der Waals surface area contributed by atoms with Gasteiger partial charge in [0.25, 0.3) is 0 Å². The molecule has 0 spiro atoms. The lowest BCUT2D eigenvalue weighted by Crippen LogP contribution is -2.41. The van der Waals surface area contributed by atoms with E-state index in [1.165, 1.54) is 0 Å². The topological polar surface area (TPSA) is 171 Å². The predicted octanol–water partition coefficient (Wildman–Crippen LogP) is 0.320. The first kappa shape index (κ1) is 27.7. The van der Waals surface area contributed by atoms with E-state index in [1.54, 1.807) is 0 Å². The largest absolute Gasteiger partial charge is 0.480 e. The maximum absolute atomic E-state index is 11.8. The molecule has 10 nitrogen and oxygen atoms in total. The zero-order valence-electron chi connectivity index (χ0n) is 17.2. The van der Waals surface area contributed by atoms with Crippen molar-refractivity contribution in [1.29, 1.82) is 0 Å². The van der Waals surface area contributed by atoms with Crippen LogP contribution in [0.15, 0.2) is 0 Å². The molecule has 0 radical (unpaired) electrons. The number of hydrogen-bond donors (Lipinski definition) is 8. The number of unbranched alkanes of at least 4 members (excludes halogenated alkanes) is 1. The molecule has 2 heterocycles. The Morgan fingerprint density at radius 2 is 1.81 bits per heavy atom. The Balaban J connectivity index is 0.000000512. The highest BCUT2D eigenvalue weighted by atomic mass is 32.2. The zero-order valence-corrected chi connectivity index (χ0v) is 19.8. The fourth-order valence-electron chi connectivity index (χ4n) is 3.19. The van der Waals surface area contributed by atoms with E-state index in [0.717, 1.165) is 25.0 Å². The summed E-state index contributed by atoms with van der Waals surface area (Å²) in [6.45, 7) is 0. The van der Waals surface area contributed by atoms with Gasteiger partial charge in [0, 0.05) is 17.4 Å². The van der Waals surface area contributed by atoms with Crippen LogP contribution in [0, 0.1) is 0 Å². The van der Waals surface area contributed by atoms with Gasteiger partial charge in [-0.25, -0.2) is 9.59 Å². The van der Waals surface area contributed by atoms with Gasteiger partial charge in [-0.3, -0.25) is 9.59 Å². The van der Waals surface area contributed by atoms with Crippen molar-refractivity contribution in [2.75, 3.05) is 17.3 Å². The standard InChI is InChI=1S/C14H23N3O4S2.C4H9NO2S/c18-11(15-8(5-6-22)13(19)20)4-2-1-3-10-12-9(7-23-10)16-14(21)17-12;5-3(1-2-8)4(6)7/h8-10,12,22H,1-7H2,(H,15,18)(H,19,20)(H2,16,17,21);3,8H,1-2,5H2,(H,6,7)/t8?,9-,10?,12-;3-/m00/s1. The third-order valence-electron chi connectivity index (χ3n) is 4.89. The summed E-state index contributed by atoms with van der Waals surface area (Å²) in [4.78, 5) is 44.0. The van der Waals surface area contributed by atoms with E-state index < -0.39 is 24.0 Å². The number of thioether (sulfide) groups is 1. The lowest BCUT2D eigenvalue weighted by atomic mass is 10.0. The van der Waals surface area contributed by atoms with E-state index in [0.29, 0.717) is 36.0 Å². The minimum atomic E-state index is -1.02. The van der Waals surface area contributed by atoms with E-state index in [-0.39, 0.29) is 24.0 Å². The van der Waals surface area contributed by atoms with Crippen LogP contribution in [-0.4, -0.2) is 80.8 Å². The van der Waals surface area contributed by atoms with Crippen LogP contribution in [0.1, 0.15) is 38.5 Å². The lowest BCUT2D eigenvalue weighted by molar-refractivity contribution is -0.142. The number of hydrogen-bond acceptors (Lipinski definition) is 8. The van der Waals surface area contributed by atoms with Gasteiger partial charge in [-0.15, -0.1) is 0 Å². The normalized spacial score (nSPS) is 23.5. The maximum Gasteiger partial charge on any atom is 0.326 e. The van der Waals surface area contributed by atoms with Crippen LogP contribution in [0.3, 0.4) is 0 Å². The van der Waals surface area contributed by atoms with Crippen LogP contribution in [-0.2, 0) is 14.4 Å². The number of carbonyl (C=O) groups is 4.